The summed E-state index contributed by atoms with van der Waals surface area (Å²) < 4.78 is 5.02. The molecule has 0 aliphatic carbocycles. The first-order valence-electron chi connectivity index (χ1n) is 10.0. The lowest BCUT2D eigenvalue weighted by Crippen LogP contribution is -2.51. The summed E-state index contributed by atoms with van der Waals surface area (Å²) in [6.45, 7) is 3.44. The number of nitrogens with zero attached hydrogens (tertiary/aromatic N) is 2. The van der Waals surface area contributed by atoms with Gasteiger partial charge in [0.1, 0.15) is 6.04 Å². The van der Waals surface area contributed by atoms with Crippen molar-refractivity contribution >= 4 is 40.7 Å². The van der Waals surface area contributed by atoms with Crippen LogP contribution in [0.2, 0.25) is 5.02 Å². The molecule has 31 heavy (non-hydrogen) atoms. The minimum absolute atomic E-state index is 0.0286. The predicted octanol–water partition coefficient (Wildman–Crippen LogP) is 3.03. The normalized spacial score (nSPS) is 16.4. The van der Waals surface area contributed by atoms with Gasteiger partial charge in [0.25, 0.3) is 0 Å². The van der Waals surface area contributed by atoms with Gasteiger partial charge in [0.05, 0.1) is 19.6 Å². The Morgan fingerprint density at radius 1 is 1.13 bits per heavy atom. The first-order chi connectivity index (χ1) is 14.9. The molecule has 3 rings (SSSR count). The number of piperazine rings is 1. The number of ether oxygens (including phenoxy) is 1. The van der Waals surface area contributed by atoms with Crippen molar-refractivity contribution in [2.75, 3.05) is 33.3 Å². The minimum atomic E-state index is -0.616. The molecule has 2 atom stereocenters. The Morgan fingerprint density at radius 2 is 1.84 bits per heavy atom. The van der Waals surface area contributed by atoms with Crippen LogP contribution in [0.4, 0.5) is 0 Å². The number of nitrogens with one attached hydrogen (secondary N) is 1. The Bertz CT molecular complexity index is 913. The first kappa shape index (κ1) is 23.2. The SMILES string of the molecule is COC(=O)[C@H](c1ccccc1Cl)N1CCN(C(=O)C[C@@H](NC(C)=O)c2cccs2)CC1. The Morgan fingerprint density at radius 3 is 2.42 bits per heavy atom. The monoisotopic (exact) mass is 463 g/mol. The largest absolute Gasteiger partial charge is 0.468 e. The summed E-state index contributed by atoms with van der Waals surface area (Å²) in [5, 5.41) is 5.30. The fourth-order valence-electron chi connectivity index (χ4n) is 3.77. The van der Waals surface area contributed by atoms with E-state index in [9.17, 15) is 14.4 Å². The molecule has 0 radical (unpaired) electrons. The van der Waals surface area contributed by atoms with E-state index in [2.05, 4.69) is 5.32 Å². The molecule has 9 heteroatoms. The number of methoxy groups -OCH3 is 1. The zero-order chi connectivity index (χ0) is 22.4. The number of hydrogen-bond donors (Lipinski definition) is 1. The number of thiophene rings is 1. The van der Waals surface area contributed by atoms with Crippen molar-refractivity contribution in [2.24, 2.45) is 0 Å². The summed E-state index contributed by atoms with van der Waals surface area (Å²) in [5.41, 5.74) is 0.694. The van der Waals surface area contributed by atoms with Crippen molar-refractivity contribution in [3.63, 3.8) is 0 Å². The smallest absolute Gasteiger partial charge is 0.327 e. The van der Waals surface area contributed by atoms with Crippen molar-refractivity contribution in [1.29, 1.82) is 0 Å². The number of hydrogen-bond acceptors (Lipinski definition) is 6. The van der Waals surface area contributed by atoms with Crippen LogP contribution >= 0.6 is 22.9 Å². The molecule has 2 heterocycles. The molecule has 1 aromatic carbocycles. The molecule has 0 saturated carbocycles. The van der Waals surface area contributed by atoms with Gasteiger partial charge >= 0.3 is 5.97 Å². The van der Waals surface area contributed by atoms with Gasteiger partial charge < -0.3 is 15.0 Å². The third kappa shape index (κ3) is 5.84. The zero-order valence-corrected chi connectivity index (χ0v) is 19.1. The van der Waals surface area contributed by atoms with Crippen LogP contribution in [-0.2, 0) is 19.1 Å². The van der Waals surface area contributed by atoms with Crippen LogP contribution in [0.3, 0.4) is 0 Å². The summed E-state index contributed by atoms with van der Waals surface area (Å²) >= 11 is 7.85. The van der Waals surface area contributed by atoms with Crippen molar-refractivity contribution in [2.45, 2.75) is 25.4 Å². The molecule has 1 aliphatic heterocycles. The van der Waals surface area contributed by atoms with Gasteiger partial charge in [-0.3, -0.25) is 14.5 Å². The number of carbonyl (C=O) groups excluding carboxylic acids is 3. The van der Waals surface area contributed by atoms with Crippen molar-refractivity contribution < 1.29 is 19.1 Å². The van der Waals surface area contributed by atoms with Crippen LogP contribution in [0.25, 0.3) is 0 Å². The molecule has 1 aromatic heterocycles. The van der Waals surface area contributed by atoms with E-state index in [1.54, 1.807) is 11.0 Å². The Labute approximate surface area is 190 Å². The van der Waals surface area contributed by atoms with Gasteiger partial charge in [0, 0.05) is 43.0 Å². The fraction of sp³-hybridized carbons (Fsp3) is 0.409. The molecule has 0 unspecified atom stereocenters. The second-order valence-electron chi connectivity index (χ2n) is 7.34. The third-order valence-electron chi connectivity index (χ3n) is 5.30. The minimum Gasteiger partial charge on any atom is -0.468 e. The number of carbonyl (C=O) groups is 3. The molecule has 1 aliphatic rings. The second-order valence-corrected chi connectivity index (χ2v) is 8.72. The van der Waals surface area contributed by atoms with E-state index >= 15 is 0 Å². The number of halogens is 1. The summed E-state index contributed by atoms with van der Waals surface area (Å²) in [6, 6.07) is 10.1. The average molecular weight is 464 g/mol. The maximum Gasteiger partial charge on any atom is 0.327 e. The molecular weight excluding hydrogens is 438 g/mol. The Kier molecular flexibility index (Phi) is 8.06. The fourth-order valence-corrected chi connectivity index (χ4v) is 4.79. The first-order valence-corrected chi connectivity index (χ1v) is 11.3. The molecule has 166 valence electrons. The molecular formula is C22H26ClN3O4S. The van der Waals surface area contributed by atoms with Crippen LogP contribution < -0.4 is 5.32 Å². The lowest BCUT2D eigenvalue weighted by molar-refractivity contribution is -0.148. The molecule has 1 fully saturated rings. The number of amides is 2. The quantitative estimate of drug-likeness (QED) is 0.638. The van der Waals surface area contributed by atoms with Gasteiger partial charge in [-0.1, -0.05) is 35.9 Å². The molecule has 0 spiro atoms. The van der Waals surface area contributed by atoms with E-state index < -0.39 is 6.04 Å². The number of rotatable bonds is 7. The lowest BCUT2D eigenvalue weighted by Gasteiger charge is -2.38. The molecule has 2 aromatic rings. The average Bonchev–Trinajstić information content (AvgIpc) is 3.29. The lowest BCUT2D eigenvalue weighted by atomic mass is 10.0. The van der Waals surface area contributed by atoms with Crippen LogP contribution in [0.5, 0.6) is 0 Å². The zero-order valence-electron chi connectivity index (χ0n) is 17.5. The highest BCUT2D eigenvalue weighted by Gasteiger charge is 2.34. The van der Waals surface area contributed by atoms with E-state index in [1.165, 1.54) is 25.4 Å². The van der Waals surface area contributed by atoms with Gasteiger partial charge in [-0.15, -0.1) is 11.3 Å². The van der Waals surface area contributed by atoms with Crippen molar-refractivity contribution in [1.82, 2.24) is 15.1 Å². The highest BCUT2D eigenvalue weighted by atomic mass is 35.5. The Balaban J connectivity index is 1.66. The third-order valence-corrected chi connectivity index (χ3v) is 6.63. The maximum absolute atomic E-state index is 12.9. The highest BCUT2D eigenvalue weighted by molar-refractivity contribution is 7.10. The Hall–Kier alpha value is -2.42. The predicted molar refractivity (Wildman–Crippen MR) is 120 cm³/mol. The van der Waals surface area contributed by atoms with Gasteiger partial charge in [-0.05, 0) is 23.1 Å². The maximum atomic E-state index is 12.9. The highest BCUT2D eigenvalue weighted by Crippen LogP contribution is 2.30. The van der Waals surface area contributed by atoms with Crippen LogP contribution in [0.1, 0.15) is 35.9 Å². The van der Waals surface area contributed by atoms with Crippen molar-refractivity contribution in [3.8, 4) is 0 Å². The van der Waals surface area contributed by atoms with Gasteiger partial charge in [0.2, 0.25) is 11.8 Å². The van der Waals surface area contributed by atoms with E-state index in [4.69, 9.17) is 16.3 Å². The molecule has 1 N–H and O–H groups in total. The molecule has 0 bridgehead atoms. The number of benzene rings is 1. The standard InChI is InChI=1S/C22H26ClN3O4S/c1-15(27)24-18(19-8-5-13-31-19)14-20(28)25-9-11-26(12-10-25)21(22(29)30-2)16-6-3-4-7-17(16)23/h3-8,13,18,21H,9-12,14H2,1-2H3,(H,24,27)/t18-,21+/m1/s1. The topological polar surface area (TPSA) is 79.0 Å². The van der Waals surface area contributed by atoms with Crippen molar-refractivity contribution in [3.05, 3.63) is 57.2 Å². The molecule has 7 nitrogen and oxygen atoms in total. The van der Waals surface area contributed by atoms with E-state index in [-0.39, 0.29) is 30.2 Å². The van der Waals surface area contributed by atoms with Crippen LogP contribution in [0.15, 0.2) is 41.8 Å². The molecule has 2 amide bonds. The van der Waals surface area contributed by atoms with Crippen LogP contribution in [0, 0.1) is 0 Å². The van der Waals surface area contributed by atoms with Crippen LogP contribution in [-0.4, -0.2) is 60.9 Å². The van der Waals surface area contributed by atoms with E-state index in [1.807, 2.05) is 40.6 Å². The van der Waals surface area contributed by atoms with E-state index in [0.717, 1.165) is 4.88 Å². The summed E-state index contributed by atoms with van der Waals surface area (Å²) in [6.07, 6.45) is 0.199. The molecule has 1 saturated heterocycles. The van der Waals surface area contributed by atoms with Gasteiger partial charge in [-0.2, -0.15) is 0 Å². The summed E-state index contributed by atoms with van der Waals surface area (Å²) in [5.74, 6) is -0.577. The number of esters is 1. The second kappa shape index (κ2) is 10.7. The summed E-state index contributed by atoms with van der Waals surface area (Å²) in [7, 11) is 1.36. The summed E-state index contributed by atoms with van der Waals surface area (Å²) in [4.78, 5) is 41.7. The van der Waals surface area contributed by atoms with E-state index in [0.29, 0.717) is 36.8 Å². The van der Waals surface area contributed by atoms with Gasteiger partial charge in [-0.25, -0.2) is 4.79 Å². The van der Waals surface area contributed by atoms with Gasteiger partial charge in [0.15, 0.2) is 0 Å².